The fraction of sp³-hybridized carbons (Fsp3) is 0.360. The number of hydrogen-bond donors (Lipinski definition) is 1. The van der Waals surface area contributed by atoms with Gasteiger partial charge < -0.3 is 5.32 Å². The zero-order chi connectivity index (χ0) is 23.4. The average Bonchev–Trinajstić information content (AvgIpc) is 3.09. The fourth-order valence-electron chi connectivity index (χ4n) is 4.11. The summed E-state index contributed by atoms with van der Waals surface area (Å²) >= 11 is 1.37. The summed E-state index contributed by atoms with van der Waals surface area (Å²) in [5, 5.41) is 4.74. The Labute approximate surface area is 199 Å². The van der Waals surface area contributed by atoms with Gasteiger partial charge in [-0.1, -0.05) is 48.9 Å². The highest BCUT2D eigenvalue weighted by atomic mass is 32.2. The molecule has 2 aromatic carbocycles. The van der Waals surface area contributed by atoms with Gasteiger partial charge in [0.1, 0.15) is 0 Å². The van der Waals surface area contributed by atoms with Crippen molar-refractivity contribution in [1.82, 2.24) is 9.29 Å². The molecular weight excluding hydrogens is 454 g/mol. The molecule has 1 saturated heterocycles. The summed E-state index contributed by atoms with van der Waals surface area (Å²) in [7, 11) is -3.59. The summed E-state index contributed by atoms with van der Waals surface area (Å²) in [6, 6.07) is 15.0. The van der Waals surface area contributed by atoms with Crippen LogP contribution in [0.4, 0.5) is 5.69 Å². The third-order valence-corrected chi connectivity index (χ3v) is 8.86. The molecule has 3 aromatic rings. The zero-order valence-electron chi connectivity index (χ0n) is 19.0. The summed E-state index contributed by atoms with van der Waals surface area (Å²) < 4.78 is 28.1. The summed E-state index contributed by atoms with van der Waals surface area (Å²) in [5.41, 5.74) is 3.19. The molecule has 1 aliphatic heterocycles. The van der Waals surface area contributed by atoms with Crippen LogP contribution >= 0.6 is 11.8 Å². The van der Waals surface area contributed by atoms with Crippen LogP contribution in [0.25, 0.3) is 10.9 Å². The summed E-state index contributed by atoms with van der Waals surface area (Å²) in [4.78, 5) is 17.5. The van der Waals surface area contributed by atoms with Crippen LogP contribution in [-0.2, 0) is 14.8 Å². The Kier molecular flexibility index (Phi) is 7.36. The smallest absolute Gasteiger partial charge is 0.243 e. The number of carbonyl (C=O) groups excluding carboxylic acids is 1. The van der Waals surface area contributed by atoms with Gasteiger partial charge >= 0.3 is 0 Å². The fourth-order valence-corrected chi connectivity index (χ4v) is 6.65. The highest BCUT2D eigenvalue weighted by Crippen LogP contribution is 2.27. The van der Waals surface area contributed by atoms with Gasteiger partial charge in [0.15, 0.2) is 0 Å². The van der Waals surface area contributed by atoms with E-state index in [0.717, 1.165) is 47.2 Å². The first-order valence-electron chi connectivity index (χ1n) is 11.2. The molecule has 0 unspecified atom stereocenters. The van der Waals surface area contributed by atoms with E-state index in [2.05, 4.69) is 10.3 Å². The van der Waals surface area contributed by atoms with Gasteiger partial charge in [-0.25, -0.2) is 13.4 Å². The average molecular weight is 484 g/mol. The van der Waals surface area contributed by atoms with Crippen molar-refractivity contribution in [2.24, 2.45) is 0 Å². The van der Waals surface area contributed by atoms with E-state index in [4.69, 9.17) is 0 Å². The number of carbonyl (C=O) groups is 1. The van der Waals surface area contributed by atoms with Crippen LogP contribution < -0.4 is 5.32 Å². The lowest BCUT2D eigenvalue weighted by molar-refractivity contribution is -0.113. The van der Waals surface area contributed by atoms with Gasteiger partial charge in [0, 0.05) is 24.2 Å². The third kappa shape index (κ3) is 5.57. The van der Waals surface area contributed by atoms with Crippen LogP contribution in [-0.4, -0.2) is 42.5 Å². The number of hydrogen-bond acceptors (Lipinski definition) is 5. The molecule has 0 aliphatic carbocycles. The van der Waals surface area contributed by atoms with Gasteiger partial charge in [-0.2, -0.15) is 4.31 Å². The van der Waals surface area contributed by atoms with E-state index in [1.807, 2.05) is 37.3 Å². The van der Waals surface area contributed by atoms with Gasteiger partial charge in [-0.15, -0.1) is 0 Å². The first kappa shape index (κ1) is 23.7. The van der Waals surface area contributed by atoms with Crippen molar-refractivity contribution < 1.29 is 13.2 Å². The first-order valence-corrected chi connectivity index (χ1v) is 13.7. The SMILES string of the molecule is Cc1ccc(NC(=O)CSc2cc(C)c3ccccc3n2)cc1S(=O)(=O)N1CCCCCC1. The highest BCUT2D eigenvalue weighted by molar-refractivity contribution is 7.99. The second-order valence-corrected chi connectivity index (χ2v) is 11.3. The Bertz CT molecular complexity index is 1270. The molecule has 1 aliphatic rings. The van der Waals surface area contributed by atoms with E-state index in [9.17, 15) is 13.2 Å². The number of aryl methyl sites for hydroxylation is 2. The van der Waals surface area contributed by atoms with Crippen LogP contribution in [0.15, 0.2) is 58.5 Å². The Morgan fingerprint density at radius 1 is 1.00 bits per heavy atom. The number of pyridine rings is 1. The minimum Gasteiger partial charge on any atom is -0.325 e. The minimum atomic E-state index is -3.59. The second kappa shape index (κ2) is 10.2. The molecule has 2 heterocycles. The van der Waals surface area contributed by atoms with E-state index < -0.39 is 10.0 Å². The largest absolute Gasteiger partial charge is 0.325 e. The molecule has 1 N–H and O–H groups in total. The lowest BCUT2D eigenvalue weighted by Crippen LogP contribution is -2.32. The number of rotatable bonds is 6. The number of fused-ring (bicyclic) bond motifs is 1. The van der Waals surface area contributed by atoms with Crippen molar-refractivity contribution in [3.05, 3.63) is 59.7 Å². The van der Waals surface area contributed by atoms with Gasteiger partial charge in [-0.3, -0.25) is 4.79 Å². The molecule has 0 bridgehead atoms. The molecule has 4 rings (SSSR count). The van der Waals surface area contributed by atoms with Gasteiger partial charge in [0.25, 0.3) is 0 Å². The molecule has 0 atom stereocenters. The molecule has 6 nitrogen and oxygen atoms in total. The number of nitrogens with one attached hydrogen (secondary N) is 1. The van der Waals surface area contributed by atoms with Crippen LogP contribution in [0, 0.1) is 13.8 Å². The van der Waals surface area contributed by atoms with Crippen LogP contribution in [0.1, 0.15) is 36.8 Å². The summed E-state index contributed by atoms with van der Waals surface area (Å²) in [6.07, 6.45) is 3.89. The van der Waals surface area contributed by atoms with Gasteiger partial charge in [0.05, 0.1) is 21.2 Å². The number of nitrogens with zero attached hydrogens (tertiary/aromatic N) is 2. The maximum absolute atomic E-state index is 13.2. The lowest BCUT2D eigenvalue weighted by Gasteiger charge is -2.21. The molecule has 1 aromatic heterocycles. The van der Waals surface area contributed by atoms with Crippen molar-refractivity contribution >= 4 is 44.3 Å². The van der Waals surface area contributed by atoms with E-state index in [-0.39, 0.29) is 16.6 Å². The maximum atomic E-state index is 13.2. The van der Waals surface area contributed by atoms with Crippen molar-refractivity contribution in [2.45, 2.75) is 49.5 Å². The van der Waals surface area contributed by atoms with Crippen molar-refractivity contribution in [3.8, 4) is 0 Å². The quantitative estimate of drug-likeness (QED) is 0.491. The van der Waals surface area contributed by atoms with E-state index >= 15 is 0 Å². The minimum absolute atomic E-state index is 0.187. The highest BCUT2D eigenvalue weighted by Gasteiger charge is 2.27. The number of anilines is 1. The molecule has 8 heteroatoms. The van der Waals surface area contributed by atoms with E-state index in [0.29, 0.717) is 24.3 Å². The number of aromatic nitrogens is 1. The molecule has 1 amide bonds. The number of amides is 1. The number of para-hydroxylation sites is 1. The van der Waals surface area contributed by atoms with Crippen molar-refractivity contribution in [1.29, 1.82) is 0 Å². The predicted molar refractivity (Wildman–Crippen MR) is 134 cm³/mol. The van der Waals surface area contributed by atoms with Gasteiger partial charge in [0.2, 0.25) is 15.9 Å². The molecule has 33 heavy (non-hydrogen) atoms. The van der Waals surface area contributed by atoms with Crippen molar-refractivity contribution in [3.63, 3.8) is 0 Å². The molecule has 0 radical (unpaired) electrons. The van der Waals surface area contributed by atoms with Crippen LogP contribution in [0.5, 0.6) is 0 Å². The predicted octanol–water partition coefficient (Wildman–Crippen LogP) is 5.15. The summed E-state index contributed by atoms with van der Waals surface area (Å²) in [5.74, 6) is -0.0121. The molecular formula is C25H29N3O3S2. The lowest BCUT2D eigenvalue weighted by atomic mass is 10.1. The second-order valence-electron chi connectivity index (χ2n) is 8.43. The number of sulfonamides is 1. The topological polar surface area (TPSA) is 79.4 Å². The Balaban J connectivity index is 1.45. The standard InChI is InChI=1S/C25H29N3O3S2/c1-18-11-12-20(16-23(18)33(30,31)28-13-7-3-4-8-14-28)26-24(29)17-32-25-15-19(2)21-9-5-6-10-22(21)27-25/h5-6,9-12,15-16H,3-4,7-8,13-14,17H2,1-2H3,(H,26,29). The monoisotopic (exact) mass is 483 g/mol. The Hall–Kier alpha value is -2.42. The first-order chi connectivity index (χ1) is 15.8. The maximum Gasteiger partial charge on any atom is 0.243 e. The van der Waals surface area contributed by atoms with Crippen LogP contribution in [0.3, 0.4) is 0 Å². The zero-order valence-corrected chi connectivity index (χ0v) is 20.6. The molecule has 0 saturated carbocycles. The Morgan fingerprint density at radius 3 is 2.48 bits per heavy atom. The molecule has 0 spiro atoms. The number of thioether (sulfide) groups is 1. The Morgan fingerprint density at radius 2 is 1.73 bits per heavy atom. The summed E-state index contributed by atoms with van der Waals surface area (Å²) in [6.45, 7) is 4.92. The van der Waals surface area contributed by atoms with E-state index in [1.54, 1.807) is 29.4 Å². The third-order valence-electron chi connectivity index (χ3n) is 5.91. The van der Waals surface area contributed by atoms with Crippen LogP contribution in [0.2, 0.25) is 0 Å². The number of benzene rings is 2. The van der Waals surface area contributed by atoms with Crippen molar-refractivity contribution in [2.75, 3.05) is 24.2 Å². The molecule has 174 valence electrons. The van der Waals surface area contributed by atoms with Gasteiger partial charge in [-0.05, 0) is 62.1 Å². The normalized spacial score (nSPS) is 15.3. The molecule has 1 fully saturated rings. The van der Waals surface area contributed by atoms with E-state index in [1.165, 1.54) is 11.8 Å².